The van der Waals surface area contributed by atoms with Crippen LogP contribution in [-0.4, -0.2) is 6.54 Å². The lowest BCUT2D eigenvalue weighted by atomic mass is 9.88. The van der Waals surface area contributed by atoms with Gasteiger partial charge in [0.25, 0.3) is 0 Å². The van der Waals surface area contributed by atoms with Gasteiger partial charge >= 0.3 is 0 Å². The number of anilines is 5. The fraction of sp³-hybridized carbons (Fsp3) is 0.200. The Morgan fingerprint density at radius 1 is 0.842 bits per heavy atom. The minimum Gasteiger partial charge on any atom is -0.355 e. The van der Waals surface area contributed by atoms with Crippen LogP contribution < -0.4 is 15.1 Å². The van der Waals surface area contributed by atoms with Gasteiger partial charge in [-0.25, -0.2) is 0 Å². The van der Waals surface area contributed by atoms with Gasteiger partial charge < -0.3 is 15.1 Å². The number of hydrogen-bond donors (Lipinski definition) is 1. The molecule has 1 spiro atoms. The van der Waals surface area contributed by atoms with Gasteiger partial charge in [-0.3, -0.25) is 0 Å². The zero-order valence-electron chi connectivity index (χ0n) is 21.9. The second-order valence-electron chi connectivity index (χ2n) is 11.1. The van der Waals surface area contributed by atoms with E-state index in [1.165, 1.54) is 68.5 Å². The summed E-state index contributed by atoms with van der Waals surface area (Å²) in [7, 11) is 0. The molecule has 0 bridgehead atoms. The van der Waals surface area contributed by atoms with Crippen LogP contribution in [0.2, 0.25) is 0 Å². The van der Waals surface area contributed by atoms with E-state index < -0.39 is 0 Å². The molecule has 186 valence electrons. The number of fused-ring (bicyclic) bond motifs is 3. The van der Waals surface area contributed by atoms with Crippen molar-refractivity contribution < 1.29 is 0 Å². The molecule has 0 radical (unpaired) electrons. The maximum absolute atomic E-state index is 3.67. The highest BCUT2D eigenvalue weighted by atomic mass is 15.2. The standard InChI is InChI=1S/C35H31N3/c1-3-37-32-12-8-7-11-28(32)35-22-29(35)33(17-18-34(35)37)38(26-9-5-4-6-10-26)27-14-16-31-25(21-27)20-24-19-23(2)13-15-30(24)36-31/h4-19,21,29,36H,3,20,22H2,1-2H3. The summed E-state index contributed by atoms with van der Waals surface area (Å²) < 4.78 is 0. The maximum Gasteiger partial charge on any atom is 0.0466 e. The number of benzene rings is 4. The molecule has 1 N–H and O–H groups in total. The Labute approximate surface area is 224 Å². The number of nitrogens with zero attached hydrogens (tertiary/aromatic N) is 2. The highest BCUT2D eigenvalue weighted by molar-refractivity contribution is 5.81. The van der Waals surface area contributed by atoms with Crippen LogP contribution in [-0.2, 0) is 11.8 Å². The summed E-state index contributed by atoms with van der Waals surface area (Å²) in [5, 5.41) is 3.67. The molecule has 2 aliphatic carbocycles. The first kappa shape index (κ1) is 21.8. The Kier molecular flexibility index (Phi) is 4.52. The molecule has 3 nitrogen and oxygen atoms in total. The smallest absolute Gasteiger partial charge is 0.0466 e. The van der Waals surface area contributed by atoms with Gasteiger partial charge in [-0.1, -0.05) is 54.1 Å². The molecule has 0 amide bonds. The topological polar surface area (TPSA) is 18.5 Å². The van der Waals surface area contributed by atoms with Crippen LogP contribution in [0, 0.1) is 12.8 Å². The highest BCUT2D eigenvalue weighted by Gasteiger charge is 2.66. The first-order valence-electron chi connectivity index (χ1n) is 13.8. The van der Waals surface area contributed by atoms with Crippen molar-refractivity contribution in [3.63, 3.8) is 0 Å². The molecule has 2 unspecified atom stereocenters. The quantitative estimate of drug-likeness (QED) is 0.271. The molecular formula is C35H31N3. The Morgan fingerprint density at radius 3 is 2.45 bits per heavy atom. The van der Waals surface area contributed by atoms with Crippen LogP contribution >= 0.6 is 0 Å². The van der Waals surface area contributed by atoms with Crippen molar-refractivity contribution in [1.82, 2.24) is 0 Å². The number of nitrogens with one attached hydrogen (secondary N) is 1. The summed E-state index contributed by atoms with van der Waals surface area (Å²) in [6.07, 6.45) is 6.91. The molecule has 1 saturated carbocycles. The van der Waals surface area contributed by atoms with Crippen molar-refractivity contribution >= 4 is 28.4 Å². The minimum atomic E-state index is 0.107. The van der Waals surface area contributed by atoms with Crippen LogP contribution in [0.5, 0.6) is 0 Å². The zero-order chi connectivity index (χ0) is 25.4. The number of likely N-dealkylation sites (N-methyl/N-ethyl adjacent to an activating group) is 1. The predicted octanol–water partition coefficient (Wildman–Crippen LogP) is 8.36. The third-order valence-electron chi connectivity index (χ3n) is 9.00. The van der Waals surface area contributed by atoms with Crippen molar-refractivity contribution in [1.29, 1.82) is 0 Å². The summed E-state index contributed by atoms with van der Waals surface area (Å²) in [5.74, 6) is 0.470. The second kappa shape index (κ2) is 7.88. The van der Waals surface area contributed by atoms with Crippen molar-refractivity contribution in [2.24, 2.45) is 5.92 Å². The van der Waals surface area contributed by atoms with Crippen molar-refractivity contribution in [2.75, 3.05) is 21.7 Å². The monoisotopic (exact) mass is 493 g/mol. The highest BCUT2D eigenvalue weighted by Crippen LogP contribution is 2.70. The van der Waals surface area contributed by atoms with E-state index in [1.807, 2.05) is 0 Å². The van der Waals surface area contributed by atoms with Gasteiger partial charge in [0.05, 0.1) is 0 Å². The SMILES string of the molecule is CCN1C2=CC=C(N(c3ccccc3)c3ccc4c(c3)Cc3cc(C)ccc3N4)C3CC23c2ccccc21. The van der Waals surface area contributed by atoms with Crippen molar-refractivity contribution in [3.05, 3.63) is 137 Å². The minimum absolute atomic E-state index is 0.107. The van der Waals surface area contributed by atoms with Gasteiger partial charge in [0.2, 0.25) is 0 Å². The van der Waals surface area contributed by atoms with E-state index in [0.717, 1.165) is 13.0 Å². The summed E-state index contributed by atoms with van der Waals surface area (Å²) in [4.78, 5) is 5.04. The van der Waals surface area contributed by atoms with E-state index in [9.17, 15) is 0 Å². The molecule has 38 heavy (non-hydrogen) atoms. The normalized spacial score (nSPS) is 21.6. The fourth-order valence-electron chi connectivity index (χ4n) is 7.24. The number of allylic oxidation sites excluding steroid dienone is 4. The molecule has 2 heterocycles. The van der Waals surface area contributed by atoms with E-state index in [0.29, 0.717) is 5.92 Å². The second-order valence-corrected chi connectivity index (χ2v) is 11.1. The Balaban J connectivity index is 1.24. The number of rotatable bonds is 4. The molecule has 1 fully saturated rings. The molecule has 3 heteroatoms. The maximum atomic E-state index is 3.67. The van der Waals surface area contributed by atoms with Gasteiger partial charge in [0, 0.05) is 64.1 Å². The van der Waals surface area contributed by atoms with Gasteiger partial charge in [-0.15, -0.1) is 0 Å². The van der Waals surface area contributed by atoms with Gasteiger partial charge in [-0.2, -0.15) is 0 Å². The summed E-state index contributed by atoms with van der Waals surface area (Å²) in [6.45, 7) is 5.44. The van der Waals surface area contributed by atoms with Gasteiger partial charge in [0.15, 0.2) is 0 Å². The first-order chi connectivity index (χ1) is 18.7. The molecule has 4 aromatic rings. The first-order valence-corrected chi connectivity index (χ1v) is 13.8. The molecule has 4 aromatic carbocycles. The van der Waals surface area contributed by atoms with E-state index >= 15 is 0 Å². The fourth-order valence-corrected chi connectivity index (χ4v) is 7.24. The number of para-hydroxylation sites is 2. The van der Waals surface area contributed by atoms with Gasteiger partial charge in [-0.05, 0) is 91.6 Å². The third-order valence-corrected chi connectivity index (χ3v) is 9.00. The number of hydrogen-bond acceptors (Lipinski definition) is 3. The molecule has 8 rings (SSSR count). The Hall–Kier alpha value is -4.24. The van der Waals surface area contributed by atoms with Crippen LogP contribution in [0.4, 0.5) is 28.4 Å². The Bertz CT molecular complexity index is 1660. The zero-order valence-corrected chi connectivity index (χ0v) is 21.9. The third kappa shape index (κ3) is 2.96. The van der Waals surface area contributed by atoms with E-state index in [1.54, 1.807) is 0 Å². The van der Waals surface area contributed by atoms with Gasteiger partial charge in [0.1, 0.15) is 0 Å². The Morgan fingerprint density at radius 2 is 1.61 bits per heavy atom. The average molecular weight is 494 g/mol. The van der Waals surface area contributed by atoms with Crippen molar-refractivity contribution in [2.45, 2.75) is 32.1 Å². The largest absolute Gasteiger partial charge is 0.355 e. The lowest BCUT2D eigenvalue weighted by Crippen LogP contribution is -2.28. The van der Waals surface area contributed by atoms with E-state index in [4.69, 9.17) is 0 Å². The molecule has 0 saturated heterocycles. The molecule has 2 aliphatic heterocycles. The predicted molar refractivity (Wildman–Crippen MR) is 158 cm³/mol. The summed E-state index contributed by atoms with van der Waals surface area (Å²) >= 11 is 0. The molecule has 4 aliphatic rings. The van der Waals surface area contributed by atoms with Crippen molar-refractivity contribution in [3.8, 4) is 0 Å². The lowest BCUT2D eigenvalue weighted by molar-refractivity contribution is 0.728. The van der Waals surface area contributed by atoms with Crippen LogP contribution in [0.25, 0.3) is 0 Å². The molecular weight excluding hydrogens is 462 g/mol. The molecule has 0 aromatic heterocycles. The summed E-state index contributed by atoms with van der Waals surface area (Å²) in [5.41, 5.74) is 14.8. The molecule has 2 atom stereocenters. The average Bonchev–Trinajstić information content (AvgIpc) is 3.65. The van der Waals surface area contributed by atoms with Crippen LogP contribution in [0.1, 0.15) is 35.6 Å². The van der Waals surface area contributed by atoms with E-state index in [-0.39, 0.29) is 5.41 Å². The summed E-state index contributed by atoms with van der Waals surface area (Å²) in [6, 6.07) is 33.6. The van der Waals surface area contributed by atoms with Crippen LogP contribution in [0.15, 0.2) is 115 Å². The van der Waals surface area contributed by atoms with E-state index in [2.05, 4.69) is 132 Å². The lowest BCUT2D eigenvalue weighted by Gasteiger charge is -2.33. The van der Waals surface area contributed by atoms with Crippen LogP contribution in [0.3, 0.4) is 0 Å². The number of aryl methyl sites for hydroxylation is 1.